The predicted molar refractivity (Wildman–Crippen MR) is 75.4 cm³/mol. The molecule has 1 aliphatic carbocycles. The summed E-state index contributed by atoms with van der Waals surface area (Å²) in [6.07, 6.45) is 2.89. The highest BCUT2D eigenvalue weighted by Crippen LogP contribution is 2.44. The second-order valence-electron chi connectivity index (χ2n) is 5.28. The van der Waals surface area contributed by atoms with E-state index in [9.17, 15) is 14.3 Å². The fraction of sp³-hybridized carbons (Fsp3) is 0.500. The molecule has 1 saturated carbocycles. The van der Waals surface area contributed by atoms with E-state index in [1.807, 2.05) is 0 Å². The molecule has 0 heterocycles. The van der Waals surface area contributed by atoms with Gasteiger partial charge in [-0.25, -0.2) is 4.39 Å². The molecule has 0 aromatic heterocycles. The molecule has 1 aromatic rings. The molecule has 1 aliphatic rings. The minimum Gasteiger partial charge on any atom is -0.481 e. The Morgan fingerprint density at radius 3 is 2.74 bits per heavy atom. The van der Waals surface area contributed by atoms with Crippen molar-refractivity contribution in [3.8, 4) is 0 Å². The first-order chi connectivity index (χ1) is 8.91. The molecule has 5 heteroatoms. The van der Waals surface area contributed by atoms with E-state index in [1.54, 1.807) is 0 Å². The first-order valence-corrected chi connectivity index (χ1v) is 7.18. The lowest BCUT2D eigenvalue weighted by Gasteiger charge is -2.25. The molecular formula is C14H17BrFNO2. The van der Waals surface area contributed by atoms with Crippen LogP contribution in [0.1, 0.15) is 37.7 Å². The molecule has 1 aromatic carbocycles. The van der Waals surface area contributed by atoms with Gasteiger partial charge in [-0.3, -0.25) is 4.79 Å². The van der Waals surface area contributed by atoms with Crippen molar-refractivity contribution in [3.63, 3.8) is 0 Å². The molecule has 2 rings (SSSR count). The average Bonchev–Trinajstić information content (AvgIpc) is 2.71. The van der Waals surface area contributed by atoms with E-state index in [0.717, 1.165) is 19.3 Å². The van der Waals surface area contributed by atoms with Gasteiger partial charge < -0.3 is 10.8 Å². The van der Waals surface area contributed by atoms with Crippen molar-refractivity contribution < 1.29 is 14.3 Å². The third-order valence-corrected chi connectivity index (χ3v) is 4.74. The summed E-state index contributed by atoms with van der Waals surface area (Å²) >= 11 is 3.18. The van der Waals surface area contributed by atoms with Gasteiger partial charge >= 0.3 is 5.97 Å². The molecule has 0 spiro atoms. The van der Waals surface area contributed by atoms with Crippen LogP contribution in [0.25, 0.3) is 0 Å². The van der Waals surface area contributed by atoms with Crippen molar-refractivity contribution in [1.29, 1.82) is 0 Å². The number of carboxylic acid groups (broad SMARTS) is 1. The Labute approximate surface area is 120 Å². The van der Waals surface area contributed by atoms with E-state index in [1.165, 1.54) is 12.1 Å². The molecule has 0 saturated heterocycles. The van der Waals surface area contributed by atoms with E-state index < -0.39 is 17.7 Å². The van der Waals surface area contributed by atoms with E-state index in [-0.39, 0.29) is 5.92 Å². The van der Waals surface area contributed by atoms with E-state index in [2.05, 4.69) is 22.9 Å². The minimum absolute atomic E-state index is 0.0218. The summed E-state index contributed by atoms with van der Waals surface area (Å²) in [6.45, 7) is 2.05. The number of hydrogen-bond donors (Lipinski definition) is 2. The highest BCUT2D eigenvalue weighted by Gasteiger charge is 2.37. The Hall–Kier alpha value is -1.10. The summed E-state index contributed by atoms with van der Waals surface area (Å²) in [4.78, 5) is 11.6. The largest absolute Gasteiger partial charge is 0.481 e. The Bertz CT molecular complexity index is 506. The van der Waals surface area contributed by atoms with Crippen LogP contribution in [-0.4, -0.2) is 11.1 Å². The smallest absolute Gasteiger partial charge is 0.311 e. The molecular weight excluding hydrogens is 313 g/mol. The first kappa shape index (κ1) is 14.3. The van der Waals surface area contributed by atoms with Gasteiger partial charge in [0.25, 0.3) is 0 Å². The Kier molecular flexibility index (Phi) is 4.13. The lowest BCUT2D eigenvalue weighted by molar-refractivity contribution is -0.140. The molecule has 3 nitrogen and oxygen atoms in total. The van der Waals surface area contributed by atoms with Crippen molar-refractivity contribution in [2.75, 3.05) is 5.73 Å². The minimum atomic E-state index is -0.928. The van der Waals surface area contributed by atoms with Crippen LogP contribution in [0.2, 0.25) is 0 Å². The van der Waals surface area contributed by atoms with Crippen LogP contribution in [0.3, 0.4) is 0 Å². The molecule has 0 aliphatic heterocycles. The lowest BCUT2D eigenvalue weighted by Crippen LogP contribution is -2.24. The summed E-state index contributed by atoms with van der Waals surface area (Å²) < 4.78 is 14.0. The second-order valence-corrected chi connectivity index (χ2v) is 6.13. The molecule has 0 bridgehead atoms. The first-order valence-electron chi connectivity index (χ1n) is 6.39. The molecule has 3 unspecified atom stereocenters. The molecule has 0 radical (unpaired) electrons. The zero-order valence-electron chi connectivity index (χ0n) is 10.7. The topological polar surface area (TPSA) is 63.3 Å². The van der Waals surface area contributed by atoms with Crippen molar-refractivity contribution >= 4 is 27.6 Å². The maximum absolute atomic E-state index is 13.5. The van der Waals surface area contributed by atoms with Gasteiger partial charge in [0.05, 0.1) is 11.6 Å². The van der Waals surface area contributed by atoms with Crippen molar-refractivity contribution in [2.45, 2.75) is 32.1 Å². The van der Waals surface area contributed by atoms with Crippen molar-refractivity contribution in [2.24, 2.45) is 11.8 Å². The van der Waals surface area contributed by atoms with Crippen LogP contribution in [0.15, 0.2) is 16.6 Å². The van der Waals surface area contributed by atoms with Gasteiger partial charge in [-0.2, -0.15) is 0 Å². The highest BCUT2D eigenvalue weighted by atomic mass is 79.9. The number of aliphatic carboxylic acids is 1. The van der Waals surface area contributed by atoms with Gasteiger partial charge in [0.2, 0.25) is 0 Å². The third-order valence-electron chi connectivity index (χ3n) is 4.08. The fourth-order valence-electron chi connectivity index (χ4n) is 3.08. The molecule has 1 fully saturated rings. The number of halogens is 2. The zero-order chi connectivity index (χ0) is 14.2. The number of benzene rings is 1. The van der Waals surface area contributed by atoms with Crippen LogP contribution in [0.5, 0.6) is 0 Å². The van der Waals surface area contributed by atoms with E-state index in [0.29, 0.717) is 21.6 Å². The van der Waals surface area contributed by atoms with Gasteiger partial charge in [0.1, 0.15) is 5.82 Å². The van der Waals surface area contributed by atoms with Gasteiger partial charge in [-0.1, -0.05) is 19.8 Å². The Morgan fingerprint density at radius 2 is 2.21 bits per heavy atom. The summed E-state index contributed by atoms with van der Waals surface area (Å²) in [6, 6.07) is 2.51. The highest BCUT2D eigenvalue weighted by molar-refractivity contribution is 9.10. The van der Waals surface area contributed by atoms with Gasteiger partial charge in [0.15, 0.2) is 0 Å². The molecule has 19 heavy (non-hydrogen) atoms. The number of carbonyl (C=O) groups is 1. The number of nitrogen functional groups attached to an aromatic ring is 1. The van der Waals surface area contributed by atoms with Gasteiger partial charge in [-0.15, -0.1) is 0 Å². The average molecular weight is 330 g/mol. The number of rotatable bonds is 3. The van der Waals surface area contributed by atoms with Gasteiger partial charge in [0, 0.05) is 4.47 Å². The maximum Gasteiger partial charge on any atom is 0.311 e. The standard InChI is InChI=1S/C14H17BrFNO2/c1-7-3-2-4-9(7)12(14(18)19)10-5-8(16)6-11(15)13(10)17/h5-7,9,12H,2-4,17H2,1H3,(H,18,19). The maximum atomic E-state index is 13.5. The van der Waals surface area contributed by atoms with Crippen LogP contribution >= 0.6 is 15.9 Å². The monoisotopic (exact) mass is 329 g/mol. The van der Waals surface area contributed by atoms with Crippen LogP contribution in [0, 0.1) is 17.7 Å². The Balaban J connectivity index is 2.48. The zero-order valence-corrected chi connectivity index (χ0v) is 12.3. The SMILES string of the molecule is CC1CCCC1C(C(=O)O)c1cc(F)cc(Br)c1N. The van der Waals surface area contributed by atoms with Crippen LogP contribution < -0.4 is 5.73 Å². The van der Waals surface area contributed by atoms with Gasteiger partial charge in [-0.05, 0) is 51.9 Å². The quantitative estimate of drug-likeness (QED) is 0.829. The van der Waals surface area contributed by atoms with Crippen molar-refractivity contribution in [1.82, 2.24) is 0 Å². The van der Waals surface area contributed by atoms with E-state index >= 15 is 0 Å². The summed E-state index contributed by atoms with van der Waals surface area (Å²) in [5.74, 6) is -1.78. The number of anilines is 1. The summed E-state index contributed by atoms with van der Waals surface area (Å²) in [5.41, 5.74) is 6.64. The second kappa shape index (κ2) is 5.49. The van der Waals surface area contributed by atoms with Crippen molar-refractivity contribution in [3.05, 3.63) is 28.0 Å². The molecule has 3 N–H and O–H groups in total. The Morgan fingerprint density at radius 1 is 1.53 bits per heavy atom. The number of hydrogen-bond acceptors (Lipinski definition) is 2. The summed E-state index contributed by atoms with van der Waals surface area (Å²) in [7, 11) is 0. The fourth-order valence-corrected chi connectivity index (χ4v) is 3.53. The van der Waals surface area contributed by atoms with Crippen LogP contribution in [-0.2, 0) is 4.79 Å². The normalized spacial score (nSPS) is 24.4. The lowest BCUT2D eigenvalue weighted by atomic mass is 9.80. The third kappa shape index (κ3) is 2.76. The van der Waals surface area contributed by atoms with E-state index in [4.69, 9.17) is 5.73 Å². The summed E-state index contributed by atoms with van der Waals surface area (Å²) in [5, 5.41) is 9.52. The molecule has 0 amide bonds. The van der Waals surface area contributed by atoms with Crippen LogP contribution in [0.4, 0.5) is 10.1 Å². The number of carboxylic acids is 1. The predicted octanol–water partition coefficient (Wildman–Crippen LogP) is 3.77. The molecule has 3 atom stereocenters. The molecule has 104 valence electrons. The number of nitrogens with two attached hydrogens (primary N) is 1.